The van der Waals surface area contributed by atoms with Crippen LogP contribution in [0.1, 0.15) is 341 Å². The van der Waals surface area contributed by atoms with Crippen LogP contribution in [0.2, 0.25) is 0 Å². The third-order valence-electron chi connectivity index (χ3n) is 15.7. The smallest absolute Gasteiger partial charge is 0.268 e. The monoisotopic (exact) mass is 1130 g/mol. The lowest BCUT2D eigenvalue weighted by Crippen LogP contribution is -2.45. The second-order valence-electron chi connectivity index (χ2n) is 24.9. The van der Waals surface area contributed by atoms with E-state index in [1.807, 2.05) is 27.2 Å². The summed E-state index contributed by atoms with van der Waals surface area (Å²) < 4.78 is 23.4. The Labute approximate surface area is 492 Å². The molecule has 0 bridgehead atoms. The molecule has 1 amide bonds. The van der Waals surface area contributed by atoms with E-state index in [0.717, 1.165) is 44.9 Å². The van der Waals surface area contributed by atoms with Crippen LogP contribution in [0.4, 0.5) is 0 Å². The number of aliphatic hydroxyl groups is 1. The summed E-state index contributed by atoms with van der Waals surface area (Å²) in [7, 11) is 1.25. The van der Waals surface area contributed by atoms with Crippen LogP contribution in [0.3, 0.4) is 0 Å². The van der Waals surface area contributed by atoms with Crippen molar-refractivity contribution in [3.8, 4) is 0 Å². The molecule has 3 unspecified atom stereocenters. The third-order valence-corrected chi connectivity index (χ3v) is 16.7. The van der Waals surface area contributed by atoms with Gasteiger partial charge in [-0.15, -0.1) is 0 Å². The van der Waals surface area contributed by atoms with Gasteiger partial charge in [0.15, 0.2) is 0 Å². The molecule has 0 aliphatic carbocycles. The highest BCUT2D eigenvalue weighted by molar-refractivity contribution is 7.45. The van der Waals surface area contributed by atoms with Gasteiger partial charge in [-0.25, -0.2) is 0 Å². The molecule has 0 rings (SSSR count). The zero-order valence-corrected chi connectivity index (χ0v) is 54.2. The number of phosphoric ester groups is 1. The summed E-state index contributed by atoms with van der Waals surface area (Å²) in [5, 5.41) is 13.9. The Bertz CT molecular complexity index is 1430. The van der Waals surface area contributed by atoms with Crippen LogP contribution in [0.5, 0.6) is 0 Å². The number of quaternary nitrogens is 1. The van der Waals surface area contributed by atoms with Crippen LogP contribution < -0.4 is 10.2 Å². The molecule has 0 aliphatic rings. The highest BCUT2D eigenvalue weighted by Crippen LogP contribution is 2.38. The van der Waals surface area contributed by atoms with Crippen molar-refractivity contribution in [2.75, 3.05) is 40.9 Å². The molecular weight excluding hydrogens is 996 g/mol. The van der Waals surface area contributed by atoms with Crippen LogP contribution >= 0.6 is 7.82 Å². The van der Waals surface area contributed by atoms with Crippen molar-refractivity contribution >= 4 is 13.7 Å². The van der Waals surface area contributed by atoms with Crippen LogP contribution in [0, 0.1) is 0 Å². The fourth-order valence-electron chi connectivity index (χ4n) is 10.4. The van der Waals surface area contributed by atoms with Crippen LogP contribution in [-0.2, 0) is 18.4 Å². The van der Waals surface area contributed by atoms with Gasteiger partial charge in [0.1, 0.15) is 13.2 Å². The van der Waals surface area contributed by atoms with Crippen molar-refractivity contribution in [1.82, 2.24) is 5.32 Å². The molecule has 9 heteroatoms. The first kappa shape index (κ1) is 77.5. The van der Waals surface area contributed by atoms with Gasteiger partial charge in [0.25, 0.3) is 7.82 Å². The Hall–Kier alpha value is -1.54. The van der Waals surface area contributed by atoms with E-state index in [1.54, 1.807) is 6.08 Å². The van der Waals surface area contributed by atoms with Crippen molar-refractivity contribution < 1.29 is 32.9 Å². The lowest BCUT2D eigenvalue weighted by atomic mass is 10.0. The molecule has 0 saturated heterocycles. The van der Waals surface area contributed by atoms with Crippen LogP contribution in [0.25, 0.3) is 0 Å². The van der Waals surface area contributed by atoms with Gasteiger partial charge in [-0.3, -0.25) is 9.36 Å². The average molecular weight is 1130 g/mol. The molecule has 0 aromatic rings. The summed E-state index contributed by atoms with van der Waals surface area (Å²) in [6, 6.07) is -0.911. The first-order valence-electron chi connectivity index (χ1n) is 34.5. The number of carbonyl (C=O) groups excluding carboxylic acids is 1. The maximum absolute atomic E-state index is 13.0. The predicted molar refractivity (Wildman–Crippen MR) is 344 cm³/mol. The number of allylic oxidation sites excluding steroid dienone is 7. The van der Waals surface area contributed by atoms with Crippen molar-refractivity contribution in [2.45, 2.75) is 353 Å². The normalized spacial score (nSPS) is 14.0. The molecule has 0 fully saturated rings. The van der Waals surface area contributed by atoms with Gasteiger partial charge in [-0.05, 0) is 70.6 Å². The van der Waals surface area contributed by atoms with Gasteiger partial charge in [0.2, 0.25) is 5.91 Å². The van der Waals surface area contributed by atoms with Crippen molar-refractivity contribution in [3.63, 3.8) is 0 Å². The first-order chi connectivity index (χ1) is 38.5. The van der Waals surface area contributed by atoms with E-state index in [4.69, 9.17) is 9.05 Å². The summed E-state index contributed by atoms with van der Waals surface area (Å²) >= 11 is 0. The quantitative estimate of drug-likeness (QED) is 0.0272. The number of hydrogen-bond acceptors (Lipinski definition) is 6. The van der Waals surface area contributed by atoms with E-state index in [9.17, 15) is 19.4 Å². The van der Waals surface area contributed by atoms with Gasteiger partial charge < -0.3 is 28.8 Å². The first-order valence-corrected chi connectivity index (χ1v) is 36.0. The Kier molecular flexibility index (Phi) is 59.8. The number of nitrogens with zero attached hydrogens (tertiary/aromatic N) is 1. The minimum Gasteiger partial charge on any atom is -0.756 e. The molecule has 0 heterocycles. The van der Waals surface area contributed by atoms with Gasteiger partial charge in [0.05, 0.1) is 39.9 Å². The number of unbranched alkanes of at least 4 members (excludes halogenated alkanes) is 45. The Morgan fingerprint density at radius 1 is 0.430 bits per heavy atom. The molecule has 0 aromatic heterocycles. The number of carbonyl (C=O) groups is 1. The number of amides is 1. The Morgan fingerprint density at radius 3 is 1.03 bits per heavy atom. The maximum atomic E-state index is 13.0. The highest BCUT2D eigenvalue weighted by atomic mass is 31.2. The highest BCUT2D eigenvalue weighted by Gasteiger charge is 2.23. The summed E-state index contributed by atoms with van der Waals surface area (Å²) in [6.45, 7) is 4.67. The molecular formula is C70H135N2O6P. The Balaban J connectivity index is 4.11. The number of hydrogen-bond donors (Lipinski definition) is 2. The van der Waals surface area contributed by atoms with Crippen LogP contribution in [-0.4, -0.2) is 68.5 Å². The fraction of sp³-hybridized carbons (Fsp3) is 0.871. The predicted octanol–water partition coefficient (Wildman–Crippen LogP) is 21.2. The number of nitrogens with one attached hydrogen (secondary N) is 1. The fourth-order valence-corrected chi connectivity index (χ4v) is 11.1. The maximum Gasteiger partial charge on any atom is 0.268 e. The van der Waals surface area contributed by atoms with Gasteiger partial charge in [-0.1, -0.05) is 313 Å². The molecule has 0 saturated carbocycles. The van der Waals surface area contributed by atoms with Crippen molar-refractivity contribution in [1.29, 1.82) is 0 Å². The van der Waals surface area contributed by atoms with E-state index >= 15 is 0 Å². The zero-order valence-electron chi connectivity index (χ0n) is 53.3. The second kappa shape index (κ2) is 61.0. The van der Waals surface area contributed by atoms with E-state index in [1.165, 1.54) is 276 Å². The average Bonchev–Trinajstić information content (AvgIpc) is 3.42. The van der Waals surface area contributed by atoms with Gasteiger partial charge in [-0.2, -0.15) is 0 Å². The second-order valence-corrected chi connectivity index (χ2v) is 26.3. The van der Waals surface area contributed by atoms with Crippen LogP contribution in [0.15, 0.2) is 48.6 Å². The molecule has 0 aliphatic heterocycles. The number of aliphatic hydroxyl groups excluding tert-OH is 1. The molecule has 79 heavy (non-hydrogen) atoms. The SMILES string of the molecule is CCCCCCCCCC/C=C\CCCCCCCCCCCCCCCCCCCCCC(=O)NC(COP(=O)([O-])OCC[N+](C)(C)C)C(O)/C=C/CC/C=C/CC/C=C/CCCCCCCCCCCCCCCCCC. The molecule has 0 aromatic carbocycles. The molecule has 8 nitrogen and oxygen atoms in total. The number of likely N-dealkylation sites (N-methyl/N-ethyl adjacent to an activating group) is 1. The zero-order chi connectivity index (χ0) is 57.7. The summed E-state index contributed by atoms with van der Waals surface area (Å²) in [5.74, 6) is -0.205. The summed E-state index contributed by atoms with van der Waals surface area (Å²) in [6.07, 6.45) is 82.4. The van der Waals surface area contributed by atoms with Crippen molar-refractivity contribution in [2.24, 2.45) is 0 Å². The van der Waals surface area contributed by atoms with E-state index in [2.05, 4.69) is 55.6 Å². The number of phosphoric acid groups is 1. The molecule has 2 N–H and O–H groups in total. The van der Waals surface area contributed by atoms with E-state index < -0.39 is 26.6 Å². The molecule has 0 radical (unpaired) electrons. The standard InChI is InChI=1S/C70H135N2O6P/c1-6-8-10-12-14-16-18-20-22-24-26-28-30-32-34-35-36-37-38-40-42-44-46-48-50-52-54-56-58-60-62-64-70(74)71-68(67-78-79(75,76)77-66-65-72(3,4)5)69(73)63-61-59-57-55-53-51-49-47-45-43-41-39-33-31-29-27-25-23-21-19-17-15-13-11-9-7-2/h24,26,45,47,53,55,61,63,68-69,73H,6-23,25,27-44,46,48-52,54,56-60,62,64-67H2,1-5H3,(H-,71,74,75,76)/b26-24-,47-45+,55-53+,63-61+. The lowest BCUT2D eigenvalue weighted by Gasteiger charge is -2.29. The molecule has 466 valence electrons. The van der Waals surface area contributed by atoms with E-state index in [0.29, 0.717) is 17.4 Å². The third kappa shape index (κ3) is 63.9. The van der Waals surface area contributed by atoms with Crippen molar-refractivity contribution in [3.05, 3.63) is 48.6 Å². The van der Waals surface area contributed by atoms with Gasteiger partial charge in [0, 0.05) is 6.42 Å². The largest absolute Gasteiger partial charge is 0.756 e. The van der Waals surface area contributed by atoms with E-state index in [-0.39, 0.29) is 12.5 Å². The summed E-state index contributed by atoms with van der Waals surface area (Å²) in [4.78, 5) is 25.6. The Morgan fingerprint density at radius 2 is 0.709 bits per heavy atom. The molecule has 0 spiro atoms. The minimum absolute atomic E-state index is 0.00817. The minimum atomic E-state index is -4.61. The lowest BCUT2D eigenvalue weighted by molar-refractivity contribution is -0.870. The topological polar surface area (TPSA) is 108 Å². The summed E-state index contributed by atoms with van der Waals surface area (Å²) in [5.41, 5.74) is 0. The molecule has 3 atom stereocenters. The number of rotatable bonds is 64. The van der Waals surface area contributed by atoms with Gasteiger partial charge >= 0.3 is 0 Å².